The van der Waals surface area contributed by atoms with Crippen molar-refractivity contribution in [2.45, 2.75) is 11.5 Å². The van der Waals surface area contributed by atoms with Crippen molar-refractivity contribution in [1.29, 1.82) is 0 Å². The Morgan fingerprint density at radius 2 is 2.00 bits per heavy atom. The van der Waals surface area contributed by atoms with Crippen molar-refractivity contribution in [2.75, 3.05) is 30.3 Å². The Labute approximate surface area is 176 Å². The number of imidazole rings is 1. The van der Waals surface area contributed by atoms with Gasteiger partial charge in [-0.3, -0.25) is 15.1 Å². The van der Waals surface area contributed by atoms with E-state index < -0.39 is 4.92 Å². The second-order valence-electron chi connectivity index (χ2n) is 5.51. The number of hydrogen-bond donors (Lipinski definition) is 4. The lowest BCUT2D eigenvalue weighted by atomic mass is 10.4. The normalized spacial score (nSPS) is 11.4. The summed E-state index contributed by atoms with van der Waals surface area (Å²) in [6, 6.07) is 3.60. The maximum atomic E-state index is 10.8. The Bertz CT molecular complexity index is 788. The third kappa shape index (κ3) is 8.72. The lowest BCUT2D eigenvalue weighted by molar-refractivity contribution is -0.404. The van der Waals surface area contributed by atoms with Gasteiger partial charge in [0.1, 0.15) is 0 Å². The first kappa shape index (κ1) is 22.2. The first-order valence-corrected chi connectivity index (χ1v) is 11.1. The fourth-order valence-corrected chi connectivity index (χ4v) is 3.94. The van der Waals surface area contributed by atoms with E-state index in [2.05, 4.69) is 25.6 Å². The van der Waals surface area contributed by atoms with Crippen molar-refractivity contribution in [3.05, 3.63) is 63.1 Å². The Kier molecular flexibility index (Phi) is 9.80. The van der Waals surface area contributed by atoms with Crippen molar-refractivity contribution in [3.8, 4) is 0 Å². The fraction of sp³-hybridized carbons (Fsp3) is 0.375. The van der Waals surface area contributed by atoms with Crippen molar-refractivity contribution >= 4 is 41.1 Å². The Hall–Kier alpha value is -2.11. The molecule has 0 spiro atoms. The van der Waals surface area contributed by atoms with Crippen LogP contribution in [-0.4, -0.2) is 44.5 Å². The number of rotatable bonds is 13. The molecule has 28 heavy (non-hydrogen) atoms. The third-order valence-corrected chi connectivity index (χ3v) is 5.66. The van der Waals surface area contributed by atoms with Gasteiger partial charge in [0.15, 0.2) is 11.8 Å². The van der Waals surface area contributed by atoms with E-state index in [-0.39, 0.29) is 0 Å². The summed E-state index contributed by atoms with van der Waals surface area (Å²) in [5, 5.41) is 17.5. The zero-order chi connectivity index (χ0) is 20.2. The number of anilines is 1. The SMILES string of the molecule is Nc1ncc(CSCCN/C(=C\[N+](=O)[O-])NCCSCc2ncccc2Cl)[nH]1. The van der Waals surface area contributed by atoms with Gasteiger partial charge in [0.05, 0.1) is 21.8 Å². The van der Waals surface area contributed by atoms with Crippen molar-refractivity contribution in [3.63, 3.8) is 0 Å². The van der Waals surface area contributed by atoms with E-state index in [1.807, 2.05) is 6.07 Å². The number of nitro groups is 1. The van der Waals surface area contributed by atoms with Crippen molar-refractivity contribution in [1.82, 2.24) is 25.6 Å². The molecule has 12 heteroatoms. The number of nitrogens with two attached hydrogens (primary N) is 1. The van der Waals surface area contributed by atoms with Gasteiger partial charge in [0, 0.05) is 48.0 Å². The van der Waals surface area contributed by atoms with E-state index in [4.69, 9.17) is 17.3 Å². The molecular formula is C16H22ClN7O2S2. The first-order valence-electron chi connectivity index (χ1n) is 8.42. The number of nitrogens with one attached hydrogen (secondary N) is 3. The molecule has 0 radical (unpaired) electrons. The van der Waals surface area contributed by atoms with Crippen LogP contribution in [0.4, 0.5) is 5.95 Å². The third-order valence-electron chi connectivity index (χ3n) is 3.34. The highest BCUT2D eigenvalue weighted by Gasteiger charge is 2.04. The topological polar surface area (TPSA) is 135 Å². The van der Waals surface area contributed by atoms with Crippen LogP contribution in [0.1, 0.15) is 11.4 Å². The summed E-state index contributed by atoms with van der Waals surface area (Å²) in [5.41, 5.74) is 7.31. The van der Waals surface area contributed by atoms with Gasteiger partial charge in [-0.15, -0.1) is 0 Å². The summed E-state index contributed by atoms with van der Waals surface area (Å²) in [7, 11) is 0. The molecule has 152 valence electrons. The molecule has 9 nitrogen and oxygen atoms in total. The predicted molar refractivity (Wildman–Crippen MR) is 116 cm³/mol. The Balaban J connectivity index is 1.62. The van der Waals surface area contributed by atoms with Crippen LogP contribution < -0.4 is 16.4 Å². The molecule has 0 aliphatic rings. The van der Waals surface area contributed by atoms with Crippen LogP contribution in [0.3, 0.4) is 0 Å². The van der Waals surface area contributed by atoms with Gasteiger partial charge in [-0.05, 0) is 12.1 Å². The molecule has 5 N–H and O–H groups in total. The van der Waals surface area contributed by atoms with Crippen LogP contribution in [0.15, 0.2) is 36.5 Å². The van der Waals surface area contributed by atoms with Gasteiger partial charge in [0.2, 0.25) is 0 Å². The number of nitrogens with zero attached hydrogens (tertiary/aromatic N) is 3. The fourth-order valence-electron chi connectivity index (χ4n) is 2.10. The molecule has 0 aliphatic carbocycles. The van der Waals surface area contributed by atoms with E-state index >= 15 is 0 Å². The largest absolute Gasteiger partial charge is 0.369 e. The smallest absolute Gasteiger partial charge is 0.274 e. The summed E-state index contributed by atoms with van der Waals surface area (Å²) in [6.45, 7) is 1.18. The second-order valence-corrected chi connectivity index (χ2v) is 8.13. The summed E-state index contributed by atoms with van der Waals surface area (Å²) in [4.78, 5) is 21.4. The lowest BCUT2D eigenvalue weighted by Gasteiger charge is -2.11. The van der Waals surface area contributed by atoms with Crippen LogP contribution >= 0.6 is 35.1 Å². The number of thioether (sulfide) groups is 2. The Morgan fingerprint density at radius 1 is 1.29 bits per heavy atom. The van der Waals surface area contributed by atoms with Gasteiger partial charge in [-0.2, -0.15) is 23.5 Å². The van der Waals surface area contributed by atoms with Crippen LogP contribution in [0, 0.1) is 10.1 Å². The van der Waals surface area contributed by atoms with E-state index in [1.165, 1.54) is 0 Å². The minimum absolute atomic E-state index is 0.396. The summed E-state index contributed by atoms with van der Waals surface area (Å²) in [5.74, 6) is 3.78. The van der Waals surface area contributed by atoms with E-state index in [0.717, 1.165) is 34.8 Å². The average Bonchev–Trinajstić information content (AvgIpc) is 3.07. The van der Waals surface area contributed by atoms with Crippen molar-refractivity contribution < 1.29 is 4.92 Å². The predicted octanol–water partition coefficient (Wildman–Crippen LogP) is 2.46. The van der Waals surface area contributed by atoms with E-state index in [0.29, 0.717) is 35.6 Å². The molecule has 0 aromatic carbocycles. The molecule has 0 atom stereocenters. The molecule has 2 aromatic heterocycles. The van der Waals surface area contributed by atoms with Crippen molar-refractivity contribution in [2.24, 2.45) is 0 Å². The second kappa shape index (κ2) is 12.4. The van der Waals surface area contributed by atoms with Crippen LogP contribution in [0.2, 0.25) is 5.02 Å². The zero-order valence-corrected chi connectivity index (χ0v) is 17.4. The summed E-state index contributed by atoms with van der Waals surface area (Å²) in [6.07, 6.45) is 4.35. The highest BCUT2D eigenvalue weighted by molar-refractivity contribution is 7.98. The molecule has 0 amide bonds. The molecule has 0 bridgehead atoms. The van der Waals surface area contributed by atoms with Crippen LogP contribution in [-0.2, 0) is 11.5 Å². The maximum absolute atomic E-state index is 10.8. The molecule has 0 fully saturated rings. The van der Waals surface area contributed by atoms with Gasteiger partial charge < -0.3 is 21.4 Å². The van der Waals surface area contributed by atoms with Crippen LogP contribution in [0.25, 0.3) is 0 Å². The minimum atomic E-state index is -0.476. The molecule has 2 heterocycles. The highest BCUT2D eigenvalue weighted by atomic mass is 35.5. The van der Waals surface area contributed by atoms with Gasteiger partial charge in [-0.25, -0.2) is 4.98 Å². The maximum Gasteiger partial charge on any atom is 0.274 e. The van der Waals surface area contributed by atoms with E-state index in [1.54, 1.807) is 42.0 Å². The minimum Gasteiger partial charge on any atom is -0.369 e. The molecule has 0 unspecified atom stereocenters. The molecule has 2 aromatic rings. The zero-order valence-electron chi connectivity index (χ0n) is 15.1. The monoisotopic (exact) mass is 443 g/mol. The number of nitrogen functional groups attached to an aromatic ring is 1. The molecule has 0 saturated heterocycles. The number of H-pyrrole nitrogens is 1. The molecule has 0 saturated carbocycles. The summed E-state index contributed by atoms with van der Waals surface area (Å²) < 4.78 is 0. The molecular weight excluding hydrogens is 422 g/mol. The number of hydrogen-bond acceptors (Lipinski definition) is 9. The van der Waals surface area contributed by atoms with Crippen LogP contribution in [0.5, 0.6) is 0 Å². The number of pyridine rings is 1. The number of aromatic nitrogens is 3. The molecule has 0 aliphatic heterocycles. The number of aromatic amines is 1. The average molecular weight is 444 g/mol. The lowest BCUT2D eigenvalue weighted by Crippen LogP contribution is -2.30. The molecule has 2 rings (SSSR count). The van der Waals surface area contributed by atoms with E-state index in [9.17, 15) is 10.1 Å². The van der Waals surface area contributed by atoms with Gasteiger partial charge in [-0.1, -0.05) is 11.6 Å². The quantitative estimate of drug-likeness (QED) is 0.209. The van der Waals surface area contributed by atoms with Gasteiger partial charge >= 0.3 is 0 Å². The highest BCUT2D eigenvalue weighted by Crippen LogP contribution is 2.18. The Morgan fingerprint density at radius 3 is 2.61 bits per heavy atom. The van der Waals surface area contributed by atoms with Gasteiger partial charge in [0.25, 0.3) is 6.20 Å². The standard InChI is InChI=1S/C16H22ClN7O2S2/c17-13-2-1-3-19-14(13)11-28-7-5-21-15(9-24(25)26)20-4-6-27-10-12-8-22-16(18)23-12/h1-3,8-9,20-21H,4-7,10-11H2,(H3,18,22,23)/b15-9+. The number of halogens is 1. The summed E-state index contributed by atoms with van der Waals surface area (Å²) >= 11 is 9.40. The first-order chi connectivity index (χ1) is 13.5.